The number of nitrogens with one attached hydrogen (secondary N) is 1. The molecule has 0 saturated heterocycles. The number of benzene rings is 1. The third-order valence-corrected chi connectivity index (χ3v) is 2.73. The average Bonchev–Trinajstić information content (AvgIpc) is 2.71. The van der Waals surface area contributed by atoms with E-state index in [9.17, 15) is 0 Å². The molecule has 1 aromatic rings. The first kappa shape index (κ1) is 11.3. The van der Waals surface area contributed by atoms with Gasteiger partial charge in [0.15, 0.2) is 0 Å². The molecule has 0 amide bonds. The minimum Gasteiger partial charge on any atom is -0.491 e. The minimum absolute atomic E-state index is 0.284. The second-order valence-electron chi connectivity index (χ2n) is 3.52. The van der Waals surface area contributed by atoms with Crippen LogP contribution in [-0.4, -0.2) is 20.3 Å². The molecule has 3 nitrogen and oxygen atoms in total. The summed E-state index contributed by atoms with van der Waals surface area (Å²) >= 11 is 5.41. The van der Waals surface area contributed by atoms with Gasteiger partial charge in [-0.15, -0.1) is 0 Å². The van der Waals surface area contributed by atoms with Gasteiger partial charge in [0.1, 0.15) is 24.7 Å². The summed E-state index contributed by atoms with van der Waals surface area (Å²) in [6.45, 7) is 1.15. The summed E-state index contributed by atoms with van der Waals surface area (Å²) in [5, 5.41) is 3.20. The first-order valence-corrected chi connectivity index (χ1v) is 5.61. The highest BCUT2D eigenvalue weighted by Crippen LogP contribution is 2.34. The Labute approximate surface area is 100 Å². The predicted octanol–water partition coefficient (Wildman–Crippen LogP) is 2.47. The van der Waals surface area contributed by atoms with Gasteiger partial charge < -0.3 is 14.8 Å². The molecule has 0 bridgehead atoms. The maximum Gasteiger partial charge on any atom is 0.127 e. The van der Waals surface area contributed by atoms with Gasteiger partial charge in [0.05, 0.1) is 6.04 Å². The van der Waals surface area contributed by atoms with Crippen LogP contribution in [0.15, 0.2) is 29.8 Å². The van der Waals surface area contributed by atoms with Crippen molar-refractivity contribution in [2.75, 3.05) is 20.3 Å². The molecule has 0 spiro atoms. The van der Waals surface area contributed by atoms with E-state index in [2.05, 4.69) is 5.32 Å². The van der Waals surface area contributed by atoms with E-state index in [-0.39, 0.29) is 6.04 Å². The number of hydrogen-bond acceptors (Lipinski definition) is 3. The molecular weight excluding hydrogens is 226 g/mol. The van der Waals surface area contributed by atoms with Gasteiger partial charge in [0.2, 0.25) is 0 Å². The molecule has 0 aromatic heterocycles. The summed E-state index contributed by atoms with van der Waals surface area (Å²) in [4.78, 5) is 0. The number of likely N-dealkylation sites (N-methyl/N-ethyl adjacent to an activating group) is 1. The van der Waals surface area contributed by atoms with Gasteiger partial charge in [0.25, 0.3) is 0 Å². The summed E-state index contributed by atoms with van der Waals surface area (Å²) in [6, 6.07) is 6.17. The summed E-state index contributed by atoms with van der Waals surface area (Å²) in [6.07, 6.45) is 1.74. The Morgan fingerprint density at radius 2 is 2.50 bits per heavy atom. The first-order chi connectivity index (χ1) is 7.85. The highest BCUT2D eigenvalue weighted by molar-refractivity contribution is 6.25. The van der Waals surface area contributed by atoms with Gasteiger partial charge in [-0.1, -0.05) is 11.6 Å². The van der Waals surface area contributed by atoms with Crippen molar-refractivity contribution in [2.45, 2.75) is 6.04 Å². The second kappa shape index (κ2) is 5.23. The number of ether oxygens (including phenoxy) is 2. The highest BCUT2D eigenvalue weighted by Gasteiger charge is 2.22. The SMILES string of the molecule is CNC1COc2cc(OCC=CCl)ccc21. The van der Waals surface area contributed by atoms with Crippen molar-refractivity contribution in [1.29, 1.82) is 0 Å². The van der Waals surface area contributed by atoms with Crippen molar-refractivity contribution in [3.63, 3.8) is 0 Å². The zero-order valence-corrected chi connectivity index (χ0v) is 9.83. The molecule has 86 valence electrons. The lowest BCUT2D eigenvalue weighted by Gasteiger charge is -2.07. The summed E-state index contributed by atoms with van der Waals surface area (Å²) in [5.41, 5.74) is 2.63. The van der Waals surface area contributed by atoms with Gasteiger partial charge in [-0.25, -0.2) is 0 Å². The number of rotatable bonds is 4. The van der Waals surface area contributed by atoms with Crippen LogP contribution in [0.3, 0.4) is 0 Å². The number of halogens is 1. The van der Waals surface area contributed by atoms with Crippen molar-refractivity contribution in [1.82, 2.24) is 5.32 Å². The van der Waals surface area contributed by atoms with Crippen LogP contribution < -0.4 is 14.8 Å². The molecule has 0 saturated carbocycles. The molecular formula is C12H14ClNO2. The zero-order chi connectivity index (χ0) is 11.4. The van der Waals surface area contributed by atoms with Crippen LogP contribution in [0, 0.1) is 0 Å². The third kappa shape index (κ3) is 2.31. The number of hydrogen-bond donors (Lipinski definition) is 1. The van der Waals surface area contributed by atoms with Crippen molar-refractivity contribution in [3.8, 4) is 11.5 Å². The summed E-state index contributed by atoms with van der Waals surface area (Å²) in [5.74, 6) is 1.69. The monoisotopic (exact) mass is 239 g/mol. The van der Waals surface area contributed by atoms with E-state index in [1.54, 1.807) is 6.08 Å². The molecule has 4 heteroatoms. The van der Waals surface area contributed by atoms with Gasteiger partial charge >= 0.3 is 0 Å². The van der Waals surface area contributed by atoms with Crippen LogP contribution in [0.1, 0.15) is 11.6 Å². The lowest BCUT2D eigenvalue weighted by atomic mass is 10.1. The van der Waals surface area contributed by atoms with E-state index in [4.69, 9.17) is 21.1 Å². The molecule has 1 atom stereocenters. The molecule has 1 unspecified atom stereocenters. The van der Waals surface area contributed by atoms with E-state index < -0.39 is 0 Å². The van der Waals surface area contributed by atoms with Crippen LogP contribution >= 0.6 is 11.6 Å². The maximum atomic E-state index is 5.56. The lowest BCUT2D eigenvalue weighted by molar-refractivity contribution is 0.315. The number of fused-ring (bicyclic) bond motifs is 1. The quantitative estimate of drug-likeness (QED) is 0.876. The Bertz CT molecular complexity index is 393. The molecule has 1 heterocycles. The fourth-order valence-corrected chi connectivity index (χ4v) is 1.77. The van der Waals surface area contributed by atoms with Crippen LogP contribution in [0.5, 0.6) is 11.5 Å². The van der Waals surface area contributed by atoms with Crippen molar-refractivity contribution < 1.29 is 9.47 Å². The molecule has 2 rings (SSSR count). The van der Waals surface area contributed by atoms with Gasteiger partial charge in [0, 0.05) is 17.2 Å². The molecule has 1 aliphatic rings. The van der Waals surface area contributed by atoms with Crippen LogP contribution in [0.25, 0.3) is 0 Å². The fraction of sp³-hybridized carbons (Fsp3) is 0.333. The van der Waals surface area contributed by atoms with E-state index in [0.717, 1.165) is 11.5 Å². The van der Waals surface area contributed by atoms with Crippen LogP contribution in [0.4, 0.5) is 0 Å². The fourth-order valence-electron chi connectivity index (χ4n) is 1.70. The first-order valence-electron chi connectivity index (χ1n) is 5.17. The molecule has 0 fully saturated rings. The minimum atomic E-state index is 0.284. The third-order valence-electron chi connectivity index (χ3n) is 2.55. The topological polar surface area (TPSA) is 30.5 Å². The van der Waals surface area contributed by atoms with Gasteiger partial charge in [-0.05, 0) is 25.3 Å². The molecule has 0 radical (unpaired) electrons. The Kier molecular flexibility index (Phi) is 3.70. The van der Waals surface area contributed by atoms with Crippen LogP contribution in [0.2, 0.25) is 0 Å². The Balaban J connectivity index is 2.09. The molecule has 1 N–H and O–H groups in total. The Morgan fingerprint density at radius 1 is 1.62 bits per heavy atom. The standard InChI is InChI=1S/C12H14ClNO2/c1-14-11-8-16-12-7-9(3-4-10(11)12)15-6-2-5-13/h2-5,7,11,14H,6,8H2,1H3. The molecule has 16 heavy (non-hydrogen) atoms. The molecule has 1 aliphatic heterocycles. The molecule has 0 aliphatic carbocycles. The Morgan fingerprint density at radius 3 is 3.25 bits per heavy atom. The smallest absolute Gasteiger partial charge is 0.127 e. The van der Waals surface area contributed by atoms with E-state index in [0.29, 0.717) is 13.2 Å². The zero-order valence-electron chi connectivity index (χ0n) is 9.07. The van der Waals surface area contributed by atoms with Crippen LogP contribution in [-0.2, 0) is 0 Å². The molecule has 1 aromatic carbocycles. The second-order valence-corrected chi connectivity index (χ2v) is 3.78. The normalized spacial score (nSPS) is 18.5. The largest absolute Gasteiger partial charge is 0.491 e. The van der Waals surface area contributed by atoms with Gasteiger partial charge in [-0.2, -0.15) is 0 Å². The van der Waals surface area contributed by atoms with Crippen molar-refractivity contribution in [2.24, 2.45) is 0 Å². The van der Waals surface area contributed by atoms with Crippen molar-refractivity contribution >= 4 is 11.6 Å². The van der Waals surface area contributed by atoms with E-state index >= 15 is 0 Å². The summed E-state index contributed by atoms with van der Waals surface area (Å²) in [7, 11) is 1.93. The van der Waals surface area contributed by atoms with Gasteiger partial charge in [-0.3, -0.25) is 0 Å². The van der Waals surface area contributed by atoms with E-state index in [1.807, 2.05) is 25.2 Å². The average molecular weight is 240 g/mol. The highest BCUT2D eigenvalue weighted by atomic mass is 35.5. The predicted molar refractivity (Wildman–Crippen MR) is 64.2 cm³/mol. The maximum absolute atomic E-state index is 5.56. The van der Waals surface area contributed by atoms with E-state index in [1.165, 1.54) is 11.1 Å². The lowest BCUT2D eigenvalue weighted by Crippen LogP contribution is -2.17. The Hall–Kier alpha value is -1.19. The summed E-state index contributed by atoms with van der Waals surface area (Å²) < 4.78 is 11.0. The van der Waals surface area contributed by atoms with Crippen molar-refractivity contribution in [3.05, 3.63) is 35.4 Å².